The van der Waals surface area contributed by atoms with Gasteiger partial charge < -0.3 is 25.0 Å². The predicted octanol–water partition coefficient (Wildman–Crippen LogP) is 2.17. The maximum Gasteiger partial charge on any atom is 0.241 e. The van der Waals surface area contributed by atoms with Crippen LogP contribution in [0.1, 0.15) is 31.4 Å². The number of benzene rings is 1. The van der Waals surface area contributed by atoms with Gasteiger partial charge in [0.15, 0.2) is 17.5 Å². The average Bonchev–Trinajstić information content (AvgIpc) is 2.67. The maximum atomic E-state index is 11.9. The molecule has 0 saturated heterocycles. The number of carbonyl (C=O) groups is 1. The molecule has 7 nitrogen and oxygen atoms in total. The van der Waals surface area contributed by atoms with E-state index in [9.17, 15) is 4.79 Å². The first-order valence-electron chi connectivity index (χ1n) is 9.16. The molecule has 0 spiro atoms. The third kappa shape index (κ3) is 6.44. The highest BCUT2D eigenvalue weighted by molar-refractivity contribution is 14.0. The third-order valence-corrected chi connectivity index (χ3v) is 4.30. The number of rotatable bonds is 7. The maximum absolute atomic E-state index is 11.9. The minimum atomic E-state index is -0.0499. The monoisotopic (exact) mass is 490 g/mol. The molecule has 0 aromatic heterocycles. The summed E-state index contributed by atoms with van der Waals surface area (Å²) in [6, 6.07) is 4.08. The smallest absolute Gasteiger partial charge is 0.241 e. The summed E-state index contributed by atoms with van der Waals surface area (Å²) in [5, 5.41) is 6.14. The summed E-state index contributed by atoms with van der Waals surface area (Å²) in [6.45, 7) is 7.19. The summed E-state index contributed by atoms with van der Waals surface area (Å²) < 4.78 is 10.8. The van der Waals surface area contributed by atoms with Crippen molar-refractivity contribution in [3.63, 3.8) is 0 Å². The molecule has 27 heavy (non-hydrogen) atoms. The van der Waals surface area contributed by atoms with E-state index in [1.807, 2.05) is 26.0 Å². The van der Waals surface area contributed by atoms with Gasteiger partial charge in [0.25, 0.3) is 0 Å². The highest BCUT2D eigenvalue weighted by Crippen LogP contribution is 2.33. The van der Waals surface area contributed by atoms with E-state index in [0.29, 0.717) is 6.54 Å². The lowest BCUT2D eigenvalue weighted by Gasteiger charge is -2.32. The largest absolute Gasteiger partial charge is 0.493 e. The van der Waals surface area contributed by atoms with Crippen LogP contribution in [0.4, 0.5) is 0 Å². The number of fused-ring (bicyclic) bond motifs is 1. The van der Waals surface area contributed by atoms with E-state index < -0.39 is 0 Å². The van der Waals surface area contributed by atoms with E-state index in [4.69, 9.17) is 9.47 Å². The van der Waals surface area contributed by atoms with E-state index in [-0.39, 0.29) is 36.4 Å². The van der Waals surface area contributed by atoms with E-state index in [1.54, 1.807) is 14.2 Å². The summed E-state index contributed by atoms with van der Waals surface area (Å²) in [4.78, 5) is 18.5. The Morgan fingerprint density at radius 3 is 2.41 bits per heavy atom. The highest BCUT2D eigenvalue weighted by atomic mass is 127. The topological polar surface area (TPSA) is 75.2 Å². The molecule has 1 aliphatic rings. The number of carbonyl (C=O) groups excluding carboxylic acids is 1. The fourth-order valence-corrected chi connectivity index (χ4v) is 2.96. The molecular weight excluding hydrogens is 459 g/mol. The molecule has 2 rings (SSSR count). The number of hydrogen-bond acceptors (Lipinski definition) is 4. The van der Waals surface area contributed by atoms with Crippen molar-refractivity contribution in [3.05, 3.63) is 23.3 Å². The number of methoxy groups -OCH3 is 2. The van der Waals surface area contributed by atoms with Gasteiger partial charge in [0.05, 0.1) is 14.2 Å². The zero-order valence-electron chi connectivity index (χ0n) is 16.6. The third-order valence-electron chi connectivity index (χ3n) is 4.30. The molecule has 152 valence electrons. The van der Waals surface area contributed by atoms with Gasteiger partial charge in [-0.3, -0.25) is 4.79 Å². The Bertz CT molecular complexity index is 652. The van der Waals surface area contributed by atoms with Crippen molar-refractivity contribution in [1.29, 1.82) is 0 Å². The van der Waals surface area contributed by atoms with E-state index >= 15 is 0 Å². The molecule has 2 N–H and O–H groups in total. The Kier molecular flexibility index (Phi) is 10.3. The van der Waals surface area contributed by atoms with Crippen LogP contribution in [-0.4, -0.2) is 57.2 Å². The van der Waals surface area contributed by atoms with E-state index in [0.717, 1.165) is 49.9 Å². The van der Waals surface area contributed by atoms with Gasteiger partial charge in [-0.2, -0.15) is 0 Å². The number of nitrogens with one attached hydrogen (secondary N) is 2. The first-order valence-corrected chi connectivity index (χ1v) is 9.16. The number of ether oxygens (including phenoxy) is 2. The number of guanidine groups is 1. The van der Waals surface area contributed by atoms with Crippen LogP contribution in [-0.2, 0) is 17.8 Å². The number of halogens is 1. The van der Waals surface area contributed by atoms with Gasteiger partial charge in [0.1, 0.15) is 6.54 Å². The van der Waals surface area contributed by atoms with Gasteiger partial charge in [0.2, 0.25) is 5.91 Å². The zero-order valence-corrected chi connectivity index (χ0v) is 19.0. The molecular formula is C19H31IN4O3. The lowest BCUT2D eigenvalue weighted by molar-refractivity contribution is -0.119. The van der Waals surface area contributed by atoms with Gasteiger partial charge in [0, 0.05) is 26.2 Å². The summed E-state index contributed by atoms with van der Waals surface area (Å²) in [5.41, 5.74) is 2.45. The van der Waals surface area contributed by atoms with E-state index in [1.165, 1.54) is 11.1 Å². The number of nitrogens with zero attached hydrogens (tertiary/aromatic N) is 2. The van der Waals surface area contributed by atoms with Crippen molar-refractivity contribution in [3.8, 4) is 11.5 Å². The van der Waals surface area contributed by atoms with Crippen LogP contribution in [0.25, 0.3) is 0 Å². The lowest BCUT2D eigenvalue weighted by atomic mass is 9.99. The van der Waals surface area contributed by atoms with Crippen molar-refractivity contribution < 1.29 is 14.3 Å². The SMILES string of the molecule is CCCNC(=O)CN=C(NCC)N1CCc2cc(OC)c(OC)cc2C1.I. The summed E-state index contributed by atoms with van der Waals surface area (Å²) in [6.07, 6.45) is 1.81. The van der Waals surface area contributed by atoms with Gasteiger partial charge in [-0.05, 0) is 43.0 Å². The van der Waals surface area contributed by atoms with Crippen molar-refractivity contribution >= 4 is 35.8 Å². The Morgan fingerprint density at radius 2 is 1.81 bits per heavy atom. The van der Waals surface area contributed by atoms with Crippen molar-refractivity contribution in [2.24, 2.45) is 4.99 Å². The van der Waals surface area contributed by atoms with Crippen LogP contribution < -0.4 is 20.1 Å². The molecule has 0 bridgehead atoms. The van der Waals surface area contributed by atoms with Crippen LogP contribution in [0.5, 0.6) is 11.5 Å². The fourth-order valence-electron chi connectivity index (χ4n) is 2.96. The Hall–Kier alpha value is -1.71. The molecule has 1 aliphatic heterocycles. The molecule has 1 amide bonds. The second kappa shape index (κ2) is 11.9. The van der Waals surface area contributed by atoms with Crippen LogP contribution in [0, 0.1) is 0 Å². The quantitative estimate of drug-likeness (QED) is 0.348. The fraction of sp³-hybridized carbons (Fsp3) is 0.579. The van der Waals surface area contributed by atoms with Crippen molar-refractivity contribution in [2.45, 2.75) is 33.2 Å². The van der Waals surface area contributed by atoms with Crippen LogP contribution in [0.15, 0.2) is 17.1 Å². The van der Waals surface area contributed by atoms with Crippen molar-refractivity contribution in [2.75, 3.05) is 40.4 Å². The molecule has 1 heterocycles. The molecule has 1 aromatic rings. The second-order valence-electron chi connectivity index (χ2n) is 6.17. The normalized spacial score (nSPS) is 13.3. The summed E-state index contributed by atoms with van der Waals surface area (Å²) in [7, 11) is 3.30. The average molecular weight is 490 g/mol. The number of amides is 1. The molecule has 0 radical (unpaired) electrons. The molecule has 8 heteroatoms. The number of hydrogen-bond donors (Lipinski definition) is 2. The minimum Gasteiger partial charge on any atom is -0.493 e. The Balaban J connectivity index is 0.00000364. The molecule has 0 fully saturated rings. The minimum absolute atomic E-state index is 0. The van der Waals surface area contributed by atoms with Gasteiger partial charge >= 0.3 is 0 Å². The van der Waals surface area contributed by atoms with E-state index in [2.05, 4.69) is 20.5 Å². The predicted molar refractivity (Wildman–Crippen MR) is 118 cm³/mol. The standard InChI is InChI=1S/C19H30N4O3.HI/c1-5-8-21-18(24)12-22-19(20-6-2)23-9-7-14-10-16(25-3)17(26-4)11-15(14)13-23;/h10-11H,5-9,12-13H2,1-4H3,(H,20,22)(H,21,24);1H. The summed E-state index contributed by atoms with van der Waals surface area (Å²) >= 11 is 0. The van der Waals surface area contributed by atoms with Crippen molar-refractivity contribution in [1.82, 2.24) is 15.5 Å². The first-order chi connectivity index (χ1) is 12.6. The molecule has 0 unspecified atom stereocenters. The lowest BCUT2D eigenvalue weighted by Crippen LogP contribution is -2.44. The van der Waals surface area contributed by atoms with Crippen LogP contribution >= 0.6 is 24.0 Å². The summed E-state index contributed by atoms with van der Waals surface area (Å²) in [5.74, 6) is 2.20. The first kappa shape index (κ1) is 23.3. The molecule has 0 atom stereocenters. The van der Waals surface area contributed by atoms with Crippen LogP contribution in [0.2, 0.25) is 0 Å². The Morgan fingerprint density at radius 1 is 1.15 bits per heavy atom. The molecule has 1 aromatic carbocycles. The zero-order chi connectivity index (χ0) is 18.9. The van der Waals surface area contributed by atoms with Gasteiger partial charge in [-0.15, -0.1) is 24.0 Å². The van der Waals surface area contributed by atoms with Crippen LogP contribution in [0.3, 0.4) is 0 Å². The Labute approximate surface area is 178 Å². The van der Waals surface area contributed by atoms with Gasteiger partial charge in [-0.1, -0.05) is 6.92 Å². The molecule has 0 aliphatic carbocycles. The van der Waals surface area contributed by atoms with Gasteiger partial charge in [-0.25, -0.2) is 4.99 Å². The highest BCUT2D eigenvalue weighted by Gasteiger charge is 2.21. The second-order valence-corrected chi connectivity index (χ2v) is 6.17. The molecule has 0 saturated carbocycles. The number of aliphatic imine (C=N–C) groups is 1.